The number of hydrogen-bond acceptors (Lipinski definition) is 2. The Labute approximate surface area is 71.4 Å². The Morgan fingerprint density at radius 3 is 2.33 bits per heavy atom. The first-order valence-corrected chi connectivity index (χ1v) is 3.67. The third kappa shape index (κ3) is 3.80. The average Bonchev–Trinajstić information content (AvgIpc) is 1.98. The monoisotopic (exact) mass is 174 g/mol. The number of rotatable bonds is 3. The van der Waals surface area contributed by atoms with Crippen LogP contribution < -0.4 is 5.32 Å². The van der Waals surface area contributed by atoms with Gasteiger partial charge in [-0.2, -0.15) is 0 Å². The Morgan fingerprint density at radius 2 is 2.00 bits per heavy atom. The SMILES string of the molecule is CC(C)N(C)C(=O)NCC(=O)O. The number of aliphatic carboxylic acids is 1. The van der Waals surface area contributed by atoms with Gasteiger partial charge in [-0.3, -0.25) is 4.79 Å². The van der Waals surface area contributed by atoms with Crippen molar-refractivity contribution in [1.29, 1.82) is 0 Å². The highest BCUT2D eigenvalue weighted by Gasteiger charge is 2.11. The standard InChI is InChI=1S/C7H14N2O3/c1-5(2)9(3)7(12)8-4-6(10)11/h5H,4H2,1-3H3,(H,8,12)(H,10,11). The van der Waals surface area contributed by atoms with Gasteiger partial charge in [0.2, 0.25) is 0 Å². The van der Waals surface area contributed by atoms with Crippen LogP contribution in [0, 0.1) is 0 Å². The minimum Gasteiger partial charge on any atom is -0.480 e. The second-order valence-electron chi connectivity index (χ2n) is 2.76. The predicted molar refractivity (Wildman–Crippen MR) is 43.9 cm³/mol. The van der Waals surface area contributed by atoms with Gasteiger partial charge in [0, 0.05) is 13.1 Å². The fraction of sp³-hybridized carbons (Fsp3) is 0.714. The second-order valence-corrected chi connectivity index (χ2v) is 2.76. The van der Waals surface area contributed by atoms with Gasteiger partial charge in [-0.25, -0.2) is 4.79 Å². The molecule has 0 aliphatic heterocycles. The van der Waals surface area contributed by atoms with Gasteiger partial charge in [-0.1, -0.05) is 0 Å². The molecule has 0 aromatic heterocycles. The fourth-order valence-electron chi connectivity index (χ4n) is 0.510. The summed E-state index contributed by atoms with van der Waals surface area (Å²) in [6, 6.07) is -0.300. The lowest BCUT2D eigenvalue weighted by atomic mass is 10.4. The van der Waals surface area contributed by atoms with Gasteiger partial charge in [0.1, 0.15) is 6.54 Å². The van der Waals surface area contributed by atoms with Crippen molar-refractivity contribution in [3.05, 3.63) is 0 Å². The largest absolute Gasteiger partial charge is 0.480 e. The summed E-state index contributed by atoms with van der Waals surface area (Å²) < 4.78 is 0. The molecule has 0 fully saturated rings. The number of hydrogen-bond donors (Lipinski definition) is 2. The average molecular weight is 174 g/mol. The van der Waals surface area contributed by atoms with E-state index in [4.69, 9.17) is 5.11 Å². The van der Waals surface area contributed by atoms with Crippen LogP contribution in [0.15, 0.2) is 0 Å². The molecule has 12 heavy (non-hydrogen) atoms. The lowest BCUT2D eigenvalue weighted by molar-refractivity contribution is -0.135. The highest BCUT2D eigenvalue weighted by molar-refractivity contribution is 5.79. The van der Waals surface area contributed by atoms with Crippen LogP contribution in [0.1, 0.15) is 13.8 Å². The van der Waals surface area contributed by atoms with Gasteiger partial charge in [0.15, 0.2) is 0 Å². The van der Waals surface area contributed by atoms with Gasteiger partial charge >= 0.3 is 12.0 Å². The molecule has 0 spiro atoms. The zero-order valence-electron chi connectivity index (χ0n) is 7.50. The third-order valence-electron chi connectivity index (χ3n) is 1.49. The van der Waals surface area contributed by atoms with E-state index < -0.39 is 5.97 Å². The summed E-state index contributed by atoms with van der Waals surface area (Å²) in [5.41, 5.74) is 0. The molecule has 5 heteroatoms. The summed E-state index contributed by atoms with van der Waals surface area (Å²) in [5.74, 6) is -1.04. The number of nitrogens with zero attached hydrogens (tertiary/aromatic N) is 1. The molecule has 0 heterocycles. The number of carboxylic acids is 1. The molecular formula is C7H14N2O3. The highest BCUT2D eigenvalue weighted by Crippen LogP contribution is 1.92. The lowest BCUT2D eigenvalue weighted by Gasteiger charge is -2.21. The molecule has 0 bridgehead atoms. The molecule has 0 rings (SSSR count). The van der Waals surface area contributed by atoms with E-state index >= 15 is 0 Å². The zero-order valence-corrected chi connectivity index (χ0v) is 7.50. The number of carbonyl (C=O) groups excluding carboxylic acids is 1. The maximum atomic E-state index is 11.0. The van der Waals surface area contributed by atoms with Crippen LogP contribution in [0.4, 0.5) is 4.79 Å². The van der Waals surface area contributed by atoms with Gasteiger partial charge in [-0.15, -0.1) is 0 Å². The van der Waals surface area contributed by atoms with Crippen molar-refractivity contribution in [2.45, 2.75) is 19.9 Å². The Bertz CT molecular complexity index is 179. The van der Waals surface area contributed by atoms with Crippen LogP contribution in [-0.2, 0) is 4.79 Å². The van der Waals surface area contributed by atoms with Crippen LogP contribution in [0.25, 0.3) is 0 Å². The topological polar surface area (TPSA) is 69.6 Å². The summed E-state index contributed by atoms with van der Waals surface area (Å²) in [4.78, 5) is 22.5. The van der Waals surface area contributed by atoms with Crippen LogP contribution in [0.5, 0.6) is 0 Å². The number of carbonyl (C=O) groups is 2. The van der Waals surface area contributed by atoms with E-state index in [1.165, 1.54) is 4.90 Å². The smallest absolute Gasteiger partial charge is 0.323 e. The maximum absolute atomic E-state index is 11.0. The van der Waals surface area contributed by atoms with Crippen molar-refractivity contribution in [2.24, 2.45) is 0 Å². The van der Waals surface area contributed by atoms with Crippen LogP contribution in [0.2, 0.25) is 0 Å². The molecule has 0 saturated carbocycles. The quantitative estimate of drug-likeness (QED) is 0.638. The fourth-order valence-corrected chi connectivity index (χ4v) is 0.510. The molecule has 0 unspecified atom stereocenters. The second kappa shape index (κ2) is 4.58. The van der Waals surface area contributed by atoms with E-state index in [1.54, 1.807) is 7.05 Å². The molecule has 0 aromatic rings. The van der Waals surface area contributed by atoms with E-state index in [-0.39, 0.29) is 18.6 Å². The first-order chi connectivity index (χ1) is 5.45. The summed E-state index contributed by atoms with van der Waals surface area (Å²) in [6.45, 7) is 3.36. The summed E-state index contributed by atoms with van der Waals surface area (Å²) >= 11 is 0. The first-order valence-electron chi connectivity index (χ1n) is 3.67. The van der Waals surface area contributed by atoms with Crippen molar-refractivity contribution in [3.63, 3.8) is 0 Å². The van der Waals surface area contributed by atoms with Gasteiger partial charge in [0.05, 0.1) is 0 Å². The van der Waals surface area contributed by atoms with Crippen LogP contribution in [-0.4, -0.2) is 41.6 Å². The van der Waals surface area contributed by atoms with Crippen LogP contribution >= 0.6 is 0 Å². The van der Waals surface area contributed by atoms with Crippen molar-refractivity contribution in [1.82, 2.24) is 10.2 Å². The Balaban J connectivity index is 3.80. The Hall–Kier alpha value is -1.26. The van der Waals surface area contributed by atoms with E-state index in [0.29, 0.717) is 0 Å². The van der Waals surface area contributed by atoms with Crippen molar-refractivity contribution < 1.29 is 14.7 Å². The lowest BCUT2D eigenvalue weighted by Crippen LogP contribution is -2.42. The summed E-state index contributed by atoms with van der Waals surface area (Å²) in [7, 11) is 1.61. The van der Waals surface area contributed by atoms with Crippen molar-refractivity contribution in [2.75, 3.05) is 13.6 Å². The molecule has 0 atom stereocenters. The zero-order chi connectivity index (χ0) is 9.72. The Kier molecular flexibility index (Phi) is 4.10. The van der Waals surface area contributed by atoms with Crippen molar-refractivity contribution in [3.8, 4) is 0 Å². The molecule has 2 amide bonds. The molecule has 2 N–H and O–H groups in total. The summed E-state index contributed by atoms with van der Waals surface area (Å²) in [6.07, 6.45) is 0. The molecular weight excluding hydrogens is 160 g/mol. The van der Waals surface area contributed by atoms with E-state index in [2.05, 4.69) is 5.32 Å². The highest BCUT2D eigenvalue weighted by atomic mass is 16.4. The van der Waals surface area contributed by atoms with Crippen molar-refractivity contribution >= 4 is 12.0 Å². The summed E-state index contributed by atoms with van der Waals surface area (Å²) in [5, 5.41) is 10.5. The van der Waals surface area contributed by atoms with E-state index in [1.807, 2.05) is 13.8 Å². The molecule has 0 aliphatic rings. The molecule has 0 radical (unpaired) electrons. The number of nitrogens with one attached hydrogen (secondary N) is 1. The number of carboxylic acid groups (broad SMARTS) is 1. The Morgan fingerprint density at radius 1 is 1.50 bits per heavy atom. The normalized spacial score (nSPS) is 9.67. The predicted octanol–water partition coefficient (Wildman–Crippen LogP) is 0.121. The molecule has 0 saturated heterocycles. The first kappa shape index (κ1) is 10.7. The van der Waals surface area contributed by atoms with E-state index in [0.717, 1.165) is 0 Å². The third-order valence-corrected chi connectivity index (χ3v) is 1.49. The number of urea groups is 1. The molecule has 70 valence electrons. The molecule has 0 aromatic carbocycles. The van der Waals surface area contributed by atoms with E-state index in [9.17, 15) is 9.59 Å². The van der Waals surface area contributed by atoms with Gasteiger partial charge in [-0.05, 0) is 13.8 Å². The minimum atomic E-state index is -1.04. The number of amides is 2. The molecule has 0 aliphatic carbocycles. The molecule has 5 nitrogen and oxygen atoms in total. The maximum Gasteiger partial charge on any atom is 0.323 e. The van der Waals surface area contributed by atoms with Gasteiger partial charge in [0.25, 0.3) is 0 Å². The van der Waals surface area contributed by atoms with Gasteiger partial charge < -0.3 is 15.3 Å². The minimum absolute atomic E-state index is 0.0683. The van der Waals surface area contributed by atoms with Crippen LogP contribution in [0.3, 0.4) is 0 Å².